The zero-order chi connectivity index (χ0) is 12.4. The summed E-state index contributed by atoms with van der Waals surface area (Å²) in [6.07, 6.45) is 6.96. The average molecular weight is 281 g/mol. The third-order valence-corrected chi connectivity index (χ3v) is 6.70. The van der Waals surface area contributed by atoms with E-state index in [1.165, 1.54) is 62.3 Å². The largest absolute Gasteiger partial charge is 0.293 e. The van der Waals surface area contributed by atoms with E-state index in [1.54, 1.807) is 4.88 Å². The molecule has 0 unspecified atom stereocenters. The van der Waals surface area contributed by atoms with Crippen molar-refractivity contribution < 1.29 is 0 Å². The molecule has 2 aliphatic rings. The molecule has 100 valence electrons. The Balaban J connectivity index is 1.91. The standard InChI is InChI=1S/C15H23NS2/c1-13-11-14(18-12-13)15(5-9-17-10-6-15)16-7-3-2-4-8-16/h11-12H,2-10H2,1H3. The summed E-state index contributed by atoms with van der Waals surface area (Å²) in [6.45, 7) is 4.88. The maximum Gasteiger partial charge on any atom is 0.0569 e. The smallest absolute Gasteiger partial charge is 0.0569 e. The van der Waals surface area contributed by atoms with Crippen LogP contribution in [0.4, 0.5) is 0 Å². The SMILES string of the molecule is Cc1csc(C2(N3CCCCC3)CCSCC2)c1. The lowest BCUT2D eigenvalue weighted by atomic mass is 9.86. The summed E-state index contributed by atoms with van der Waals surface area (Å²) in [4.78, 5) is 4.46. The maximum atomic E-state index is 2.82. The summed E-state index contributed by atoms with van der Waals surface area (Å²) in [7, 11) is 0. The van der Waals surface area contributed by atoms with Gasteiger partial charge in [-0.2, -0.15) is 11.8 Å². The molecule has 3 heterocycles. The van der Waals surface area contributed by atoms with Crippen LogP contribution in [0.15, 0.2) is 11.4 Å². The topological polar surface area (TPSA) is 3.24 Å². The van der Waals surface area contributed by atoms with Crippen molar-refractivity contribution in [2.75, 3.05) is 24.6 Å². The molecule has 2 aliphatic heterocycles. The zero-order valence-corrected chi connectivity index (χ0v) is 12.9. The fraction of sp³-hybridized carbons (Fsp3) is 0.733. The maximum absolute atomic E-state index is 2.82. The van der Waals surface area contributed by atoms with Gasteiger partial charge in [0.1, 0.15) is 0 Å². The number of nitrogens with zero attached hydrogens (tertiary/aromatic N) is 1. The second-order valence-corrected chi connectivity index (χ2v) is 7.82. The molecule has 1 nitrogen and oxygen atoms in total. The van der Waals surface area contributed by atoms with Gasteiger partial charge in [-0.05, 0) is 74.2 Å². The van der Waals surface area contributed by atoms with Gasteiger partial charge in [0.15, 0.2) is 0 Å². The number of piperidine rings is 1. The highest BCUT2D eigenvalue weighted by Gasteiger charge is 2.40. The van der Waals surface area contributed by atoms with Crippen LogP contribution >= 0.6 is 23.1 Å². The Morgan fingerprint density at radius 3 is 2.44 bits per heavy atom. The monoisotopic (exact) mass is 281 g/mol. The first-order valence-electron chi connectivity index (χ1n) is 7.20. The molecule has 0 amide bonds. The molecular formula is C15H23NS2. The van der Waals surface area contributed by atoms with Crippen molar-refractivity contribution in [1.29, 1.82) is 0 Å². The number of likely N-dealkylation sites (tertiary alicyclic amines) is 1. The minimum absolute atomic E-state index is 0.393. The van der Waals surface area contributed by atoms with E-state index in [0.29, 0.717) is 5.54 Å². The predicted octanol–water partition coefficient (Wildman–Crippen LogP) is 4.26. The van der Waals surface area contributed by atoms with E-state index < -0.39 is 0 Å². The molecule has 0 aromatic carbocycles. The van der Waals surface area contributed by atoms with Gasteiger partial charge < -0.3 is 0 Å². The van der Waals surface area contributed by atoms with Crippen molar-refractivity contribution >= 4 is 23.1 Å². The second-order valence-electron chi connectivity index (χ2n) is 5.68. The van der Waals surface area contributed by atoms with Crippen LogP contribution < -0.4 is 0 Å². The second kappa shape index (κ2) is 5.56. The highest BCUT2D eigenvalue weighted by Crippen LogP contribution is 2.44. The highest BCUT2D eigenvalue weighted by molar-refractivity contribution is 7.99. The van der Waals surface area contributed by atoms with Crippen LogP contribution in [0, 0.1) is 6.92 Å². The Labute approximate surface area is 119 Å². The van der Waals surface area contributed by atoms with Crippen LogP contribution in [0.1, 0.15) is 42.5 Å². The third kappa shape index (κ3) is 2.37. The molecule has 0 atom stereocenters. The van der Waals surface area contributed by atoms with Gasteiger partial charge in [0.25, 0.3) is 0 Å². The fourth-order valence-electron chi connectivity index (χ4n) is 3.42. The molecule has 0 bridgehead atoms. The fourth-order valence-corrected chi connectivity index (χ4v) is 5.78. The van der Waals surface area contributed by atoms with Crippen molar-refractivity contribution in [3.8, 4) is 0 Å². The van der Waals surface area contributed by atoms with Crippen LogP contribution in [0.25, 0.3) is 0 Å². The van der Waals surface area contributed by atoms with E-state index >= 15 is 0 Å². The summed E-state index contributed by atoms with van der Waals surface area (Å²) < 4.78 is 0. The minimum Gasteiger partial charge on any atom is -0.293 e. The molecule has 0 spiro atoms. The molecule has 3 rings (SSSR count). The predicted molar refractivity (Wildman–Crippen MR) is 82.7 cm³/mol. The van der Waals surface area contributed by atoms with Gasteiger partial charge in [0.2, 0.25) is 0 Å². The van der Waals surface area contributed by atoms with E-state index in [0.717, 1.165) is 0 Å². The van der Waals surface area contributed by atoms with E-state index in [-0.39, 0.29) is 0 Å². The number of hydrogen-bond acceptors (Lipinski definition) is 3. The molecular weight excluding hydrogens is 258 g/mol. The number of rotatable bonds is 2. The lowest BCUT2D eigenvalue weighted by Gasteiger charge is -2.47. The number of thiophene rings is 1. The van der Waals surface area contributed by atoms with Gasteiger partial charge in [0.05, 0.1) is 5.54 Å². The lowest BCUT2D eigenvalue weighted by Crippen LogP contribution is -2.50. The van der Waals surface area contributed by atoms with Gasteiger partial charge >= 0.3 is 0 Å². The van der Waals surface area contributed by atoms with Gasteiger partial charge in [-0.1, -0.05) is 6.42 Å². The molecule has 2 saturated heterocycles. The van der Waals surface area contributed by atoms with E-state index in [9.17, 15) is 0 Å². The first-order valence-corrected chi connectivity index (χ1v) is 9.23. The molecule has 1 aromatic rings. The van der Waals surface area contributed by atoms with Crippen LogP contribution in [-0.4, -0.2) is 29.5 Å². The van der Waals surface area contributed by atoms with Crippen molar-refractivity contribution in [1.82, 2.24) is 4.90 Å². The Morgan fingerprint density at radius 1 is 1.11 bits per heavy atom. The molecule has 3 heteroatoms. The Bertz CT molecular complexity index is 387. The molecule has 0 aliphatic carbocycles. The zero-order valence-electron chi connectivity index (χ0n) is 11.3. The van der Waals surface area contributed by atoms with Gasteiger partial charge in [-0.3, -0.25) is 4.90 Å². The van der Waals surface area contributed by atoms with Gasteiger partial charge in [-0.25, -0.2) is 0 Å². The average Bonchev–Trinajstić information content (AvgIpc) is 2.88. The number of aryl methyl sites for hydroxylation is 1. The number of thioether (sulfide) groups is 1. The van der Waals surface area contributed by atoms with E-state index in [2.05, 4.69) is 35.0 Å². The summed E-state index contributed by atoms with van der Waals surface area (Å²) in [5, 5.41) is 2.34. The third-order valence-electron chi connectivity index (χ3n) is 4.47. The van der Waals surface area contributed by atoms with E-state index in [1.807, 2.05) is 11.3 Å². The summed E-state index contributed by atoms with van der Waals surface area (Å²) in [6, 6.07) is 2.45. The van der Waals surface area contributed by atoms with Crippen molar-refractivity contribution in [3.05, 3.63) is 21.9 Å². The highest BCUT2D eigenvalue weighted by atomic mass is 32.2. The van der Waals surface area contributed by atoms with Crippen molar-refractivity contribution in [3.63, 3.8) is 0 Å². The van der Waals surface area contributed by atoms with E-state index in [4.69, 9.17) is 0 Å². The van der Waals surface area contributed by atoms with Gasteiger partial charge in [0, 0.05) is 4.88 Å². The summed E-state index contributed by atoms with van der Waals surface area (Å²) >= 11 is 4.14. The molecule has 18 heavy (non-hydrogen) atoms. The Kier molecular flexibility index (Phi) is 4.02. The summed E-state index contributed by atoms with van der Waals surface area (Å²) in [5.41, 5.74) is 1.84. The Hall–Kier alpha value is 0.01000. The lowest BCUT2D eigenvalue weighted by molar-refractivity contribution is 0.0582. The number of hydrogen-bond donors (Lipinski definition) is 0. The van der Waals surface area contributed by atoms with Gasteiger partial charge in [-0.15, -0.1) is 11.3 Å². The van der Waals surface area contributed by atoms with Crippen LogP contribution in [0.5, 0.6) is 0 Å². The molecule has 0 N–H and O–H groups in total. The van der Waals surface area contributed by atoms with Crippen molar-refractivity contribution in [2.24, 2.45) is 0 Å². The molecule has 2 fully saturated rings. The summed E-state index contributed by atoms with van der Waals surface area (Å²) in [5.74, 6) is 2.68. The van der Waals surface area contributed by atoms with Crippen LogP contribution in [-0.2, 0) is 5.54 Å². The minimum atomic E-state index is 0.393. The normalized spacial score (nSPS) is 25.2. The Morgan fingerprint density at radius 2 is 1.83 bits per heavy atom. The first-order chi connectivity index (χ1) is 8.81. The molecule has 1 aromatic heterocycles. The quantitative estimate of drug-likeness (QED) is 0.796. The molecule has 0 radical (unpaired) electrons. The van der Waals surface area contributed by atoms with Crippen LogP contribution in [0.3, 0.4) is 0 Å². The molecule has 0 saturated carbocycles. The van der Waals surface area contributed by atoms with Crippen LogP contribution in [0.2, 0.25) is 0 Å². The van der Waals surface area contributed by atoms with Crippen molar-refractivity contribution in [2.45, 2.75) is 44.6 Å². The first kappa shape index (κ1) is 13.0.